The molecular formula is C13H22N2O2S. The van der Waals surface area contributed by atoms with Crippen LogP contribution >= 0.6 is 0 Å². The zero-order valence-corrected chi connectivity index (χ0v) is 11.9. The summed E-state index contributed by atoms with van der Waals surface area (Å²) >= 11 is 0. The first-order chi connectivity index (χ1) is 8.42. The maximum absolute atomic E-state index is 11.2. The number of sulfone groups is 1. The summed E-state index contributed by atoms with van der Waals surface area (Å²) < 4.78 is 22.5. The highest BCUT2D eigenvalue weighted by atomic mass is 32.2. The molecule has 0 unspecified atom stereocenters. The molecule has 0 fully saturated rings. The molecule has 0 amide bonds. The van der Waals surface area contributed by atoms with Gasteiger partial charge in [-0.1, -0.05) is 17.7 Å². The SMILES string of the molecule is Cc1ccc(N(CCCN)CCS(C)(=O)=O)cc1. The summed E-state index contributed by atoms with van der Waals surface area (Å²) in [6.07, 6.45) is 2.13. The lowest BCUT2D eigenvalue weighted by Crippen LogP contribution is -2.31. The van der Waals surface area contributed by atoms with Crippen LogP contribution in [0.25, 0.3) is 0 Å². The Kier molecular flexibility index (Phi) is 5.62. The van der Waals surface area contributed by atoms with Crippen molar-refractivity contribution in [1.82, 2.24) is 0 Å². The minimum absolute atomic E-state index is 0.172. The van der Waals surface area contributed by atoms with E-state index in [9.17, 15) is 8.42 Å². The number of hydrogen-bond donors (Lipinski definition) is 1. The molecule has 0 heterocycles. The average molecular weight is 270 g/mol. The molecule has 0 aromatic heterocycles. The third-order valence-electron chi connectivity index (χ3n) is 2.76. The molecule has 1 aromatic rings. The second-order valence-corrected chi connectivity index (χ2v) is 6.85. The average Bonchev–Trinajstić information content (AvgIpc) is 2.29. The summed E-state index contributed by atoms with van der Waals surface area (Å²) in [5, 5.41) is 0. The van der Waals surface area contributed by atoms with E-state index in [1.807, 2.05) is 31.2 Å². The van der Waals surface area contributed by atoms with Gasteiger partial charge in [-0.25, -0.2) is 8.42 Å². The van der Waals surface area contributed by atoms with E-state index in [-0.39, 0.29) is 5.75 Å². The third-order valence-corrected chi connectivity index (χ3v) is 3.69. The molecule has 2 N–H and O–H groups in total. The van der Waals surface area contributed by atoms with Crippen LogP contribution in [0.4, 0.5) is 5.69 Å². The van der Waals surface area contributed by atoms with Gasteiger partial charge in [0.15, 0.2) is 0 Å². The van der Waals surface area contributed by atoms with E-state index in [1.54, 1.807) is 0 Å². The van der Waals surface area contributed by atoms with Crippen LogP contribution < -0.4 is 10.6 Å². The number of benzene rings is 1. The molecule has 0 saturated carbocycles. The van der Waals surface area contributed by atoms with Gasteiger partial charge < -0.3 is 10.6 Å². The van der Waals surface area contributed by atoms with Crippen molar-refractivity contribution in [1.29, 1.82) is 0 Å². The zero-order valence-electron chi connectivity index (χ0n) is 11.1. The Morgan fingerprint density at radius 2 is 1.78 bits per heavy atom. The van der Waals surface area contributed by atoms with Gasteiger partial charge >= 0.3 is 0 Å². The lowest BCUT2D eigenvalue weighted by atomic mass is 10.2. The first kappa shape index (κ1) is 15.0. The number of rotatable bonds is 7. The topological polar surface area (TPSA) is 63.4 Å². The molecule has 1 rings (SSSR count). The summed E-state index contributed by atoms with van der Waals surface area (Å²) in [5.74, 6) is 0.172. The molecule has 102 valence electrons. The fraction of sp³-hybridized carbons (Fsp3) is 0.538. The van der Waals surface area contributed by atoms with E-state index >= 15 is 0 Å². The van der Waals surface area contributed by atoms with Gasteiger partial charge in [-0.05, 0) is 32.0 Å². The Morgan fingerprint density at radius 1 is 1.17 bits per heavy atom. The Morgan fingerprint density at radius 3 is 2.28 bits per heavy atom. The molecule has 0 aliphatic heterocycles. The smallest absolute Gasteiger partial charge is 0.149 e. The van der Waals surface area contributed by atoms with Crippen LogP contribution in [-0.2, 0) is 9.84 Å². The van der Waals surface area contributed by atoms with Crippen molar-refractivity contribution < 1.29 is 8.42 Å². The van der Waals surface area contributed by atoms with E-state index in [0.717, 1.165) is 18.7 Å². The standard InChI is InChI=1S/C13H22N2O2S/c1-12-4-6-13(7-5-12)15(9-3-8-14)10-11-18(2,16)17/h4-7H,3,8-11,14H2,1-2H3. The van der Waals surface area contributed by atoms with Gasteiger partial charge in [0.25, 0.3) is 0 Å². The highest BCUT2D eigenvalue weighted by Gasteiger charge is 2.09. The summed E-state index contributed by atoms with van der Waals surface area (Å²) in [6, 6.07) is 8.11. The number of anilines is 1. The number of nitrogens with two attached hydrogens (primary N) is 1. The van der Waals surface area contributed by atoms with Gasteiger partial charge in [-0.15, -0.1) is 0 Å². The predicted molar refractivity (Wildman–Crippen MR) is 76.8 cm³/mol. The van der Waals surface area contributed by atoms with Gasteiger partial charge in [0, 0.05) is 25.0 Å². The number of aryl methyl sites for hydroxylation is 1. The second-order valence-electron chi connectivity index (χ2n) is 4.59. The molecule has 0 bridgehead atoms. The molecule has 1 aromatic carbocycles. The highest BCUT2D eigenvalue weighted by molar-refractivity contribution is 7.90. The fourth-order valence-corrected chi connectivity index (χ4v) is 2.24. The molecule has 18 heavy (non-hydrogen) atoms. The van der Waals surface area contributed by atoms with Gasteiger partial charge in [0.05, 0.1) is 5.75 Å². The van der Waals surface area contributed by atoms with Crippen molar-refractivity contribution >= 4 is 15.5 Å². The van der Waals surface area contributed by atoms with Crippen molar-refractivity contribution in [2.45, 2.75) is 13.3 Å². The lowest BCUT2D eigenvalue weighted by molar-refractivity contribution is 0.599. The zero-order chi connectivity index (χ0) is 13.6. The molecule has 0 spiro atoms. The van der Waals surface area contributed by atoms with Crippen LogP contribution in [0.15, 0.2) is 24.3 Å². The van der Waals surface area contributed by atoms with E-state index < -0.39 is 9.84 Å². The molecule has 0 radical (unpaired) electrons. The Balaban J connectivity index is 2.74. The maximum atomic E-state index is 11.2. The molecule has 5 heteroatoms. The summed E-state index contributed by atoms with van der Waals surface area (Å²) in [6.45, 7) is 3.95. The quantitative estimate of drug-likeness (QED) is 0.808. The van der Waals surface area contributed by atoms with Gasteiger partial charge in [0.1, 0.15) is 9.84 Å². The van der Waals surface area contributed by atoms with Crippen molar-refractivity contribution in [3.8, 4) is 0 Å². The fourth-order valence-electron chi connectivity index (χ4n) is 1.68. The molecule has 0 aliphatic carbocycles. The Labute approximate surface area is 110 Å². The molecular weight excluding hydrogens is 248 g/mol. The van der Waals surface area contributed by atoms with Gasteiger partial charge in [-0.3, -0.25) is 0 Å². The normalized spacial score (nSPS) is 11.5. The van der Waals surface area contributed by atoms with Gasteiger partial charge in [-0.2, -0.15) is 0 Å². The van der Waals surface area contributed by atoms with E-state index in [0.29, 0.717) is 13.1 Å². The Bertz CT molecular complexity index is 454. The largest absolute Gasteiger partial charge is 0.370 e. The molecule has 0 saturated heterocycles. The minimum atomic E-state index is -2.93. The molecule has 4 nitrogen and oxygen atoms in total. The summed E-state index contributed by atoms with van der Waals surface area (Å²) in [4.78, 5) is 2.08. The number of nitrogens with zero attached hydrogens (tertiary/aromatic N) is 1. The van der Waals surface area contributed by atoms with E-state index in [4.69, 9.17) is 5.73 Å². The van der Waals surface area contributed by atoms with Crippen molar-refractivity contribution in [2.24, 2.45) is 5.73 Å². The van der Waals surface area contributed by atoms with Crippen molar-refractivity contribution in [3.05, 3.63) is 29.8 Å². The lowest BCUT2D eigenvalue weighted by Gasteiger charge is -2.24. The summed E-state index contributed by atoms with van der Waals surface area (Å²) in [7, 11) is -2.93. The van der Waals surface area contributed by atoms with Crippen LogP contribution in [0.1, 0.15) is 12.0 Å². The maximum Gasteiger partial charge on any atom is 0.149 e. The molecule has 0 aliphatic rings. The van der Waals surface area contributed by atoms with Crippen molar-refractivity contribution in [2.75, 3.05) is 36.5 Å². The van der Waals surface area contributed by atoms with Crippen molar-refractivity contribution in [3.63, 3.8) is 0 Å². The first-order valence-electron chi connectivity index (χ1n) is 6.12. The van der Waals surface area contributed by atoms with Crippen LogP contribution in [-0.4, -0.2) is 40.1 Å². The van der Waals surface area contributed by atoms with E-state index in [1.165, 1.54) is 11.8 Å². The highest BCUT2D eigenvalue weighted by Crippen LogP contribution is 2.15. The third kappa shape index (κ3) is 5.51. The second kappa shape index (κ2) is 6.75. The number of hydrogen-bond acceptors (Lipinski definition) is 4. The predicted octanol–water partition coefficient (Wildman–Crippen LogP) is 1.19. The first-order valence-corrected chi connectivity index (χ1v) is 8.18. The van der Waals surface area contributed by atoms with Gasteiger partial charge in [0.2, 0.25) is 0 Å². The summed E-state index contributed by atoms with van der Waals surface area (Å²) in [5.41, 5.74) is 7.76. The monoisotopic (exact) mass is 270 g/mol. The van der Waals surface area contributed by atoms with E-state index in [2.05, 4.69) is 4.90 Å². The van der Waals surface area contributed by atoms with Crippen LogP contribution in [0.5, 0.6) is 0 Å². The van der Waals surface area contributed by atoms with Crippen LogP contribution in [0, 0.1) is 6.92 Å². The Hall–Kier alpha value is -1.07. The van der Waals surface area contributed by atoms with Crippen LogP contribution in [0.3, 0.4) is 0 Å². The molecule has 0 atom stereocenters. The van der Waals surface area contributed by atoms with Crippen LogP contribution in [0.2, 0.25) is 0 Å². The minimum Gasteiger partial charge on any atom is -0.370 e.